The Kier molecular flexibility index (Phi) is 3.89. The van der Waals surface area contributed by atoms with Crippen molar-refractivity contribution < 1.29 is 4.74 Å². The van der Waals surface area contributed by atoms with Gasteiger partial charge in [-0.05, 0) is 55.7 Å². The molecule has 5 nitrogen and oxygen atoms in total. The van der Waals surface area contributed by atoms with Crippen molar-refractivity contribution in [3.05, 3.63) is 59.0 Å². The van der Waals surface area contributed by atoms with E-state index >= 15 is 0 Å². The number of thiazole rings is 1. The Labute approximate surface area is 149 Å². The van der Waals surface area contributed by atoms with Gasteiger partial charge in [0.2, 0.25) is 5.88 Å². The highest BCUT2D eigenvalue weighted by Crippen LogP contribution is 2.34. The second-order valence-electron chi connectivity index (χ2n) is 5.88. The second kappa shape index (κ2) is 6.22. The van der Waals surface area contributed by atoms with Gasteiger partial charge in [0, 0.05) is 11.8 Å². The molecule has 0 amide bonds. The topological polar surface area (TPSA) is 60.8 Å². The first-order valence-electron chi connectivity index (χ1n) is 7.89. The largest absolute Gasteiger partial charge is 0.438 e. The van der Waals surface area contributed by atoms with Crippen molar-refractivity contribution in [3.8, 4) is 22.8 Å². The summed E-state index contributed by atoms with van der Waals surface area (Å²) in [6.07, 6.45) is 3.51. The maximum atomic E-state index is 6.01. The fraction of sp³-hybridized carbons (Fsp3) is 0.158. The number of rotatable bonds is 3. The van der Waals surface area contributed by atoms with Crippen molar-refractivity contribution in [1.82, 2.24) is 20.2 Å². The summed E-state index contributed by atoms with van der Waals surface area (Å²) in [5, 5.41) is 8.19. The van der Waals surface area contributed by atoms with Crippen LogP contribution >= 0.6 is 11.3 Å². The number of benzene rings is 1. The summed E-state index contributed by atoms with van der Waals surface area (Å²) in [6.45, 7) is 6.10. The van der Waals surface area contributed by atoms with Crippen LogP contribution in [0.25, 0.3) is 21.3 Å². The van der Waals surface area contributed by atoms with Crippen LogP contribution in [0.1, 0.15) is 16.8 Å². The predicted octanol–water partition coefficient (Wildman–Crippen LogP) is 4.87. The third-order valence-corrected chi connectivity index (χ3v) is 4.94. The molecule has 3 heterocycles. The van der Waals surface area contributed by atoms with Gasteiger partial charge in [0.25, 0.3) is 0 Å². The normalized spacial score (nSPS) is 11.0. The molecule has 124 valence electrons. The van der Waals surface area contributed by atoms with Crippen LogP contribution in [0.3, 0.4) is 0 Å². The number of ether oxygens (including phenoxy) is 1. The van der Waals surface area contributed by atoms with Crippen LogP contribution in [0.2, 0.25) is 0 Å². The van der Waals surface area contributed by atoms with Gasteiger partial charge in [-0.2, -0.15) is 10.2 Å². The van der Waals surface area contributed by atoms with E-state index in [1.807, 2.05) is 25.1 Å². The number of aryl methyl sites for hydroxylation is 3. The summed E-state index contributed by atoms with van der Waals surface area (Å²) in [7, 11) is 0. The molecule has 0 saturated carbocycles. The molecule has 0 saturated heterocycles. The van der Waals surface area contributed by atoms with Gasteiger partial charge < -0.3 is 4.74 Å². The fourth-order valence-corrected chi connectivity index (χ4v) is 3.65. The minimum Gasteiger partial charge on any atom is -0.438 e. The smallest absolute Gasteiger partial charge is 0.238 e. The van der Waals surface area contributed by atoms with Gasteiger partial charge in [-0.15, -0.1) is 11.3 Å². The zero-order chi connectivity index (χ0) is 17.4. The standard InChI is InChI=1S/C19H16N4OS/c1-11-8-14(24-19-18-16(6-7-20-19)21-10-25-18)4-5-15(11)17-12(2)9-22-23-13(17)3/h4-10H,1-3H3. The second-order valence-corrected chi connectivity index (χ2v) is 6.74. The van der Waals surface area contributed by atoms with Crippen LogP contribution in [0.5, 0.6) is 11.6 Å². The van der Waals surface area contributed by atoms with Crippen molar-refractivity contribution in [2.24, 2.45) is 0 Å². The Hall–Kier alpha value is -2.86. The first kappa shape index (κ1) is 15.7. The van der Waals surface area contributed by atoms with Crippen molar-refractivity contribution in [2.75, 3.05) is 0 Å². The van der Waals surface area contributed by atoms with Gasteiger partial charge in [-0.3, -0.25) is 0 Å². The third kappa shape index (κ3) is 2.85. The number of pyridine rings is 1. The van der Waals surface area contributed by atoms with Gasteiger partial charge in [0.1, 0.15) is 10.4 Å². The molecule has 0 N–H and O–H groups in total. The number of hydrogen-bond acceptors (Lipinski definition) is 6. The van der Waals surface area contributed by atoms with Gasteiger partial charge in [-0.25, -0.2) is 9.97 Å². The molecular formula is C19H16N4OS. The van der Waals surface area contributed by atoms with Gasteiger partial charge in [0.05, 0.1) is 22.9 Å². The highest BCUT2D eigenvalue weighted by Gasteiger charge is 2.12. The molecule has 1 aromatic carbocycles. The number of aromatic nitrogens is 4. The fourth-order valence-electron chi connectivity index (χ4n) is 2.94. The van der Waals surface area contributed by atoms with E-state index in [9.17, 15) is 0 Å². The van der Waals surface area contributed by atoms with Crippen molar-refractivity contribution in [1.29, 1.82) is 0 Å². The molecule has 0 radical (unpaired) electrons. The summed E-state index contributed by atoms with van der Waals surface area (Å²) in [5.41, 5.74) is 8.12. The van der Waals surface area contributed by atoms with Crippen LogP contribution in [0.4, 0.5) is 0 Å². The van der Waals surface area contributed by atoms with E-state index in [2.05, 4.69) is 40.1 Å². The SMILES string of the molecule is Cc1cc(Oc2nccc3ncsc23)ccc1-c1c(C)cnnc1C. The van der Waals surface area contributed by atoms with Crippen LogP contribution in [-0.2, 0) is 0 Å². The Morgan fingerprint density at radius 1 is 1.00 bits per heavy atom. The molecule has 0 aliphatic carbocycles. The molecule has 0 atom stereocenters. The van der Waals surface area contributed by atoms with Crippen LogP contribution < -0.4 is 4.74 Å². The summed E-state index contributed by atoms with van der Waals surface area (Å²) in [4.78, 5) is 8.64. The molecule has 0 spiro atoms. The number of nitrogens with zero attached hydrogens (tertiary/aromatic N) is 4. The molecule has 3 aromatic heterocycles. The Balaban J connectivity index is 1.72. The monoisotopic (exact) mass is 348 g/mol. The average molecular weight is 348 g/mol. The minimum absolute atomic E-state index is 0.588. The molecule has 0 bridgehead atoms. The molecule has 0 aliphatic heterocycles. The summed E-state index contributed by atoms with van der Waals surface area (Å²) in [6, 6.07) is 7.93. The lowest BCUT2D eigenvalue weighted by Gasteiger charge is -2.13. The maximum absolute atomic E-state index is 6.01. The zero-order valence-corrected chi connectivity index (χ0v) is 15.0. The van der Waals surface area contributed by atoms with Crippen molar-refractivity contribution in [2.45, 2.75) is 20.8 Å². The maximum Gasteiger partial charge on any atom is 0.238 e. The van der Waals surface area contributed by atoms with E-state index in [-0.39, 0.29) is 0 Å². The van der Waals surface area contributed by atoms with Gasteiger partial charge >= 0.3 is 0 Å². The Morgan fingerprint density at radius 2 is 1.88 bits per heavy atom. The highest BCUT2D eigenvalue weighted by atomic mass is 32.1. The number of hydrogen-bond donors (Lipinski definition) is 0. The lowest BCUT2D eigenvalue weighted by Crippen LogP contribution is -1.96. The van der Waals surface area contributed by atoms with E-state index in [0.29, 0.717) is 5.88 Å². The summed E-state index contributed by atoms with van der Waals surface area (Å²) < 4.78 is 6.97. The molecule has 0 unspecified atom stereocenters. The molecular weight excluding hydrogens is 332 g/mol. The molecule has 4 rings (SSSR count). The summed E-state index contributed by atoms with van der Waals surface area (Å²) >= 11 is 1.53. The van der Waals surface area contributed by atoms with Crippen molar-refractivity contribution in [3.63, 3.8) is 0 Å². The van der Waals surface area contributed by atoms with E-state index in [1.54, 1.807) is 17.9 Å². The Morgan fingerprint density at radius 3 is 2.68 bits per heavy atom. The van der Waals surface area contributed by atoms with Crippen LogP contribution in [-0.4, -0.2) is 20.2 Å². The number of fused-ring (bicyclic) bond motifs is 1. The first-order valence-corrected chi connectivity index (χ1v) is 8.77. The summed E-state index contributed by atoms with van der Waals surface area (Å²) in [5.74, 6) is 1.34. The van der Waals surface area contributed by atoms with E-state index in [0.717, 1.165) is 43.9 Å². The van der Waals surface area contributed by atoms with E-state index in [4.69, 9.17) is 4.74 Å². The molecule has 6 heteroatoms. The molecule has 25 heavy (non-hydrogen) atoms. The molecule has 0 fully saturated rings. The molecule has 0 aliphatic rings. The predicted molar refractivity (Wildman–Crippen MR) is 99.2 cm³/mol. The van der Waals surface area contributed by atoms with E-state index in [1.165, 1.54) is 11.3 Å². The van der Waals surface area contributed by atoms with Gasteiger partial charge in [0.15, 0.2) is 0 Å². The average Bonchev–Trinajstić information content (AvgIpc) is 3.06. The van der Waals surface area contributed by atoms with Gasteiger partial charge in [-0.1, -0.05) is 6.07 Å². The lowest BCUT2D eigenvalue weighted by molar-refractivity contribution is 0.469. The van der Waals surface area contributed by atoms with E-state index < -0.39 is 0 Å². The van der Waals surface area contributed by atoms with Crippen LogP contribution in [0.15, 0.2) is 42.2 Å². The third-order valence-electron chi connectivity index (χ3n) is 4.11. The quantitative estimate of drug-likeness (QED) is 0.529. The van der Waals surface area contributed by atoms with Crippen molar-refractivity contribution >= 4 is 21.6 Å². The Bertz CT molecular complexity index is 1050. The first-order chi connectivity index (χ1) is 12.1. The lowest BCUT2D eigenvalue weighted by atomic mass is 9.96. The van der Waals surface area contributed by atoms with Crippen LogP contribution in [0, 0.1) is 20.8 Å². The highest BCUT2D eigenvalue weighted by molar-refractivity contribution is 7.17. The zero-order valence-electron chi connectivity index (χ0n) is 14.1. The minimum atomic E-state index is 0.588. The molecule has 4 aromatic rings.